The van der Waals surface area contributed by atoms with Gasteiger partial charge in [0.15, 0.2) is 5.82 Å². The molecule has 2 aromatic rings. The Morgan fingerprint density at radius 2 is 2.11 bits per heavy atom. The van der Waals surface area contributed by atoms with Crippen molar-refractivity contribution in [2.75, 3.05) is 0 Å². The van der Waals surface area contributed by atoms with E-state index in [2.05, 4.69) is 10.1 Å². The van der Waals surface area contributed by atoms with Gasteiger partial charge in [0.25, 0.3) is 6.43 Å². The maximum atomic E-state index is 12.5. The van der Waals surface area contributed by atoms with Crippen LogP contribution in [0, 0.1) is 0 Å². The van der Waals surface area contributed by atoms with Crippen molar-refractivity contribution in [3.05, 3.63) is 36.3 Å². The van der Waals surface area contributed by atoms with Gasteiger partial charge in [-0.2, -0.15) is 5.10 Å². The smallest absolute Gasteiger partial charge is 0.237 e. The third-order valence-corrected chi connectivity index (χ3v) is 3.01. The van der Waals surface area contributed by atoms with E-state index in [1.807, 2.05) is 0 Å². The molecule has 0 fully saturated rings. The first kappa shape index (κ1) is 12.6. The number of aromatic nitrogens is 3. The summed E-state index contributed by atoms with van der Waals surface area (Å²) in [6.07, 6.45) is 0.675. The second-order valence-electron chi connectivity index (χ2n) is 3.41. The summed E-state index contributed by atoms with van der Waals surface area (Å²) in [5, 5.41) is 8.61. The average Bonchev–Trinajstić information content (AvgIpc) is 2.78. The number of halogens is 2. The zero-order valence-electron chi connectivity index (χ0n) is 8.86. The Hall–Kier alpha value is -1.87. The average molecular weight is 274 g/mol. The highest BCUT2D eigenvalue weighted by Gasteiger charge is 2.13. The Morgan fingerprint density at radius 1 is 1.39 bits per heavy atom. The molecule has 0 aromatic carbocycles. The van der Waals surface area contributed by atoms with E-state index >= 15 is 0 Å². The first-order valence-electron chi connectivity index (χ1n) is 4.70. The lowest BCUT2D eigenvalue weighted by atomic mass is 10.3. The minimum absolute atomic E-state index is 0.0858. The lowest BCUT2D eigenvalue weighted by Crippen LogP contribution is -2.11. The number of sulfonamides is 1. The molecule has 0 aliphatic rings. The Balaban J connectivity index is 2.43. The lowest BCUT2D eigenvalue weighted by molar-refractivity contribution is 0.151. The summed E-state index contributed by atoms with van der Waals surface area (Å²) in [5.74, 6) is 0.0858. The van der Waals surface area contributed by atoms with Crippen LogP contribution >= 0.6 is 0 Å². The van der Waals surface area contributed by atoms with E-state index in [1.165, 1.54) is 6.20 Å². The normalized spacial score (nSPS) is 12.0. The van der Waals surface area contributed by atoms with Gasteiger partial charge in [-0.15, -0.1) is 0 Å². The second kappa shape index (κ2) is 4.42. The van der Waals surface area contributed by atoms with Gasteiger partial charge < -0.3 is 0 Å². The highest BCUT2D eigenvalue weighted by atomic mass is 32.2. The number of hydrogen-bond donors (Lipinski definition) is 1. The van der Waals surface area contributed by atoms with Crippen molar-refractivity contribution in [3.8, 4) is 5.82 Å². The molecule has 0 aliphatic heterocycles. The lowest BCUT2D eigenvalue weighted by Gasteiger charge is -2.03. The molecule has 0 aliphatic carbocycles. The van der Waals surface area contributed by atoms with Crippen molar-refractivity contribution < 1.29 is 17.2 Å². The summed E-state index contributed by atoms with van der Waals surface area (Å²) in [5.41, 5.74) is -0.229. The van der Waals surface area contributed by atoms with E-state index in [0.717, 1.165) is 29.2 Å². The molecule has 2 N–H and O–H groups in total. The number of alkyl halides is 2. The number of primary sulfonamides is 1. The summed E-state index contributed by atoms with van der Waals surface area (Å²) in [7, 11) is -3.88. The minimum Gasteiger partial charge on any atom is -0.237 e. The standard InChI is InChI=1S/C9H8F2N4O2S/c10-9(11)6-1-2-13-8(3-6)15-5-7(4-14-15)18(12,16)17/h1-5,9H,(H2,12,16,17). The van der Waals surface area contributed by atoms with E-state index in [0.29, 0.717) is 0 Å². The molecule has 0 saturated carbocycles. The van der Waals surface area contributed by atoms with Gasteiger partial charge in [0.1, 0.15) is 4.90 Å². The summed E-state index contributed by atoms with van der Waals surface area (Å²) >= 11 is 0. The van der Waals surface area contributed by atoms with E-state index < -0.39 is 16.4 Å². The quantitative estimate of drug-likeness (QED) is 0.898. The summed E-state index contributed by atoms with van der Waals surface area (Å²) in [6, 6.07) is 2.28. The molecule has 2 aromatic heterocycles. The molecule has 0 saturated heterocycles. The molecule has 0 spiro atoms. The molecule has 2 heterocycles. The minimum atomic E-state index is -3.88. The van der Waals surface area contributed by atoms with Crippen LogP contribution in [0.15, 0.2) is 35.6 Å². The van der Waals surface area contributed by atoms with Crippen molar-refractivity contribution in [1.82, 2.24) is 14.8 Å². The predicted molar refractivity (Wildman–Crippen MR) is 57.7 cm³/mol. The molecule has 6 nitrogen and oxygen atoms in total. The van der Waals surface area contributed by atoms with Crippen molar-refractivity contribution in [3.63, 3.8) is 0 Å². The molecule has 0 unspecified atom stereocenters. The predicted octanol–water partition coefficient (Wildman–Crippen LogP) is 0.852. The number of nitrogens with zero attached hydrogens (tertiary/aromatic N) is 3. The van der Waals surface area contributed by atoms with Crippen molar-refractivity contribution in [2.45, 2.75) is 11.3 Å². The monoisotopic (exact) mass is 274 g/mol. The largest absolute Gasteiger partial charge is 0.264 e. The first-order chi connectivity index (χ1) is 8.38. The topological polar surface area (TPSA) is 90.9 Å². The fourth-order valence-electron chi connectivity index (χ4n) is 1.27. The summed E-state index contributed by atoms with van der Waals surface area (Å²) in [4.78, 5) is 3.60. The number of rotatable bonds is 3. The third kappa shape index (κ3) is 2.51. The van der Waals surface area contributed by atoms with Crippen LogP contribution in [0.2, 0.25) is 0 Å². The van der Waals surface area contributed by atoms with Crippen LogP contribution in [0.1, 0.15) is 12.0 Å². The number of pyridine rings is 1. The van der Waals surface area contributed by atoms with Crippen molar-refractivity contribution in [1.29, 1.82) is 0 Å². The van der Waals surface area contributed by atoms with Gasteiger partial charge >= 0.3 is 0 Å². The maximum Gasteiger partial charge on any atom is 0.264 e. The third-order valence-electron chi connectivity index (χ3n) is 2.14. The van der Waals surface area contributed by atoms with Crippen LogP contribution in [0.5, 0.6) is 0 Å². The Kier molecular flexibility index (Phi) is 3.09. The zero-order chi connectivity index (χ0) is 13.3. The van der Waals surface area contributed by atoms with Crippen molar-refractivity contribution >= 4 is 10.0 Å². The van der Waals surface area contributed by atoms with Crippen LogP contribution in [-0.2, 0) is 10.0 Å². The molecule has 0 atom stereocenters. The molecule has 96 valence electrons. The fraction of sp³-hybridized carbons (Fsp3) is 0.111. The van der Waals surface area contributed by atoms with Gasteiger partial charge in [-0.1, -0.05) is 0 Å². The van der Waals surface area contributed by atoms with Crippen LogP contribution in [0.25, 0.3) is 5.82 Å². The Bertz CT molecular complexity index is 669. The van der Waals surface area contributed by atoms with Gasteiger partial charge in [0.05, 0.1) is 12.4 Å². The first-order valence-corrected chi connectivity index (χ1v) is 6.24. The highest BCUT2D eigenvalue weighted by molar-refractivity contribution is 7.89. The summed E-state index contributed by atoms with van der Waals surface area (Å²) in [6.45, 7) is 0. The van der Waals surface area contributed by atoms with Gasteiger partial charge in [0, 0.05) is 11.8 Å². The second-order valence-corrected chi connectivity index (χ2v) is 4.98. The molecule has 0 radical (unpaired) electrons. The Labute approximate surface area is 101 Å². The molecule has 9 heteroatoms. The maximum absolute atomic E-state index is 12.5. The number of hydrogen-bond acceptors (Lipinski definition) is 4. The molecule has 18 heavy (non-hydrogen) atoms. The van der Waals surface area contributed by atoms with E-state index in [9.17, 15) is 17.2 Å². The highest BCUT2D eigenvalue weighted by Crippen LogP contribution is 2.19. The van der Waals surface area contributed by atoms with Crippen LogP contribution in [-0.4, -0.2) is 23.2 Å². The molecular formula is C9H8F2N4O2S. The van der Waals surface area contributed by atoms with Crippen LogP contribution in [0.3, 0.4) is 0 Å². The van der Waals surface area contributed by atoms with Gasteiger partial charge in [0.2, 0.25) is 10.0 Å². The van der Waals surface area contributed by atoms with E-state index in [1.54, 1.807) is 0 Å². The summed E-state index contributed by atoms with van der Waals surface area (Å²) < 4.78 is 48.1. The fourth-order valence-corrected chi connectivity index (χ4v) is 1.71. The van der Waals surface area contributed by atoms with Crippen molar-refractivity contribution in [2.24, 2.45) is 5.14 Å². The zero-order valence-corrected chi connectivity index (χ0v) is 9.68. The van der Waals surface area contributed by atoms with Crippen LogP contribution < -0.4 is 5.14 Å². The molecule has 0 bridgehead atoms. The SMILES string of the molecule is NS(=O)(=O)c1cnn(-c2cc(C(F)F)ccn2)c1. The van der Waals surface area contributed by atoms with Gasteiger partial charge in [-0.05, 0) is 12.1 Å². The number of nitrogens with two attached hydrogens (primary N) is 1. The van der Waals surface area contributed by atoms with E-state index in [-0.39, 0.29) is 16.3 Å². The molecule has 2 rings (SSSR count). The van der Waals surface area contributed by atoms with Gasteiger partial charge in [-0.25, -0.2) is 32.0 Å². The van der Waals surface area contributed by atoms with E-state index in [4.69, 9.17) is 5.14 Å². The molecular weight excluding hydrogens is 266 g/mol. The van der Waals surface area contributed by atoms with Gasteiger partial charge in [-0.3, -0.25) is 0 Å². The van der Waals surface area contributed by atoms with Crippen LogP contribution in [0.4, 0.5) is 8.78 Å². The molecule has 0 amide bonds. The Morgan fingerprint density at radius 3 is 2.67 bits per heavy atom.